The van der Waals surface area contributed by atoms with Crippen LogP contribution < -0.4 is 0 Å². The Morgan fingerprint density at radius 2 is 1.80 bits per heavy atom. The molecule has 2 aromatic rings. The third-order valence-electron chi connectivity index (χ3n) is 6.69. The molecular formula is C22H25F2N. The van der Waals surface area contributed by atoms with E-state index in [2.05, 4.69) is 18.7 Å². The van der Waals surface area contributed by atoms with E-state index in [1.54, 1.807) is 12.1 Å². The van der Waals surface area contributed by atoms with Crippen molar-refractivity contribution in [2.24, 2.45) is 5.92 Å². The number of benzene rings is 2. The van der Waals surface area contributed by atoms with Crippen molar-refractivity contribution in [1.29, 1.82) is 0 Å². The van der Waals surface area contributed by atoms with Gasteiger partial charge in [-0.3, -0.25) is 4.90 Å². The molecule has 1 heterocycles. The summed E-state index contributed by atoms with van der Waals surface area (Å²) in [6.45, 7) is 6.66. The van der Waals surface area contributed by atoms with Crippen LogP contribution >= 0.6 is 0 Å². The van der Waals surface area contributed by atoms with Crippen LogP contribution in [-0.2, 0) is 18.3 Å². The van der Waals surface area contributed by atoms with E-state index in [-0.39, 0.29) is 17.0 Å². The largest absolute Gasteiger partial charge is 0.299 e. The number of hydrogen-bond donors (Lipinski definition) is 0. The molecule has 0 aromatic heterocycles. The van der Waals surface area contributed by atoms with Gasteiger partial charge in [-0.2, -0.15) is 0 Å². The molecule has 0 spiro atoms. The van der Waals surface area contributed by atoms with E-state index >= 15 is 0 Å². The van der Waals surface area contributed by atoms with Crippen molar-refractivity contribution in [3.8, 4) is 0 Å². The Morgan fingerprint density at radius 1 is 1.08 bits per heavy atom. The molecule has 1 saturated heterocycles. The molecular weight excluding hydrogens is 316 g/mol. The van der Waals surface area contributed by atoms with E-state index in [9.17, 15) is 8.78 Å². The van der Waals surface area contributed by atoms with Gasteiger partial charge in [0.25, 0.3) is 0 Å². The molecule has 25 heavy (non-hydrogen) atoms. The van der Waals surface area contributed by atoms with Crippen LogP contribution in [0.25, 0.3) is 0 Å². The summed E-state index contributed by atoms with van der Waals surface area (Å²) in [5, 5.41) is 0. The molecule has 1 fully saturated rings. The van der Waals surface area contributed by atoms with E-state index in [0.717, 1.165) is 32.4 Å². The van der Waals surface area contributed by atoms with Crippen LogP contribution in [0.2, 0.25) is 0 Å². The molecule has 2 unspecified atom stereocenters. The Labute approximate surface area is 148 Å². The van der Waals surface area contributed by atoms with Gasteiger partial charge in [0, 0.05) is 12.6 Å². The van der Waals surface area contributed by atoms with E-state index in [0.29, 0.717) is 12.0 Å². The van der Waals surface area contributed by atoms with E-state index in [1.165, 1.54) is 28.8 Å². The molecule has 132 valence electrons. The Morgan fingerprint density at radius 3 is 2.56 bits per heavy atom. The highest BCUT2D eigenvalue weighted by atomic mass is 19.1. The van der Waals surface area contributed by atoms with Gasteiger partial charge in [-0.1, -0.05) is 32.0 Å². The number of halogens is 2. The molecule has 4 rings (SSSR count). The highest BCUT2D eigenvalue weighted by molar-refractivity contribution is 5.40. The molecule has 1 aliphatic heterocycles. The second-order valence-electron chi connectivity index (χ2n) is 7.94. The van der Waals surface area contributed by atoms with Crippen molar-refractivity contribution >= 4 is 0 Å². The second kappa shape index (κ2) is 6.21. The maximum absolute atomic E-state index is 13.8. The SMILES string of the molecule is CC1C2Cc3ccc(F)cc3[C@@]1(C)CCN2CCc1ccc(F)cc1. The molecule has 3 heteroatoms. The quantitative estimate of drug-likeness (QED) is 0.780. The second-order valence-corrected chi connectivity index (χ2v) is 7.94. The van der Waals surface area contributed by atoms with Crippen molar-refractivity contribution in [1.82, 2.24) is 4.90 Å². The van der Waals surface area contributed by atoms with Crippen LogP contribution in [0, 0.1) is 17.6 Å². The van der Waals surface area contributed by atoms with Gasteiger partial charge in [0.1, 0.15) is 11.6 Å². The Balaban J connectivity index is 1.55. The molecule has 2 bridgehead atoms. The normalized spacial score (nSPS) is 28.6. The van der Waals surface area contributed by atoms with Crippen LogP contribution in [0.1, 0.15) is 37.0 Å². The number of hydrogen-bond acceptors (Lipinski definition) is 1. The average molecular weight is 341 g/mol. The van der Waals surface area contributed by atoms with Gasteiger partial charge < -0.3 is 0 Å². The molecule has 1 nitrogen and oxygen atoms in total. The first-order valence-corrected chi connectivity index (χ1v) is 9.25. The van der Waals surface area contributed by atoms with Crippen molar-refractivity contribution < 1.29 is 8.78 Å². The molecule has 1 aliphatic carbocycles. The molecule has 2 aromatic carbocycles. The zero-order valence-corrected chi connectivity index (χ0v) is 14.9. The summed E-state index contributed by atoms with van der Waals surface area (Å²) in [6, 6.07) is 12.7. The third-order valence-corrected chi connectivity index (χ3v) is 6.69. The fraction of sp³-hybridized carbons (Fsp3) is 0.455. The number of nitrogens with zero attached hydrogens (tertiary/aromatic N) is 1. The van der Waals surface area contributed by atoms with Gasteiger partial charge in [-0.15, -0.1) is 0 Å². The van der Waals surface area contributed by atoms with Gasteiger partial charge in [0.15, 0.2) is 0 Å². The Kier molecular flexibility index (Phi) is 4.15. The summed E-state index contributed by atoms with van der Waals surface area (Å²) in [4.78, 5) is 2.59. The van der Waals surface area contributed by atoms with Crippen LogP contribution in [0.15, 0.2) is 42.5 Å². The summed E-state index contributed by atoms with van der Waals surface area (Å²) in [6.07, 6.45) is 3.00. The monoisotopic (exact) mass is 341 g/mol. The number of rotatable bonds is 3. The lowest BCUT2D eigenvalue weighted by molar-refractivity contribution is 0.0321. The standard InChI is InChI=1S/C22H25F2N/c1-15-21-13-17-5-8-19(24)14-20(17)22(15,2)10-12-25(21)11-9-16-3-6-18(23)7-4-16/h3-8,14-15,21H,9-13H2,1-2H3/t15?,21?,22-/m0/s1. The van der Waals surface area contributed by atoms with Gasteiger partial charge >= 0.3 is 0 Å². The summed E-state index contributed by atoms with van der Waals surface area (Å²) < 4.78 is 26.9. The van der Waals surface area contributed by atoms with Crippen LogP contribution in [0.3, 0.4) is 0 Å². The maximum atomic E-state index is 13.8. The lowest BCUT2D eigenvalue weighted by Crippen LogP contribution is -2.58. The summed E-state index contributed by atoms with van der Waals surface area (Å²) in [5.41, 5.74) is 3.76. The van der Waals surface area contributed by atoms with Crippen LogP contribution in [-0.4, -0.2) is 24.0 Å². The highest BCUT2D eigenvalue weighted by Crippen LogP contribution is 2.48. The van der Waals surface area contributed by atoms with Crippen molar-refractivity contribution in [2.45, 2.75) is 44.6 Å². The van der Waals surface area contributed by atoms with Crippen LogP contribution in [0.5, 0.6) is 0 Å². The van der Waals surface area contributed by atoms with Crippen LogP contribution in [0.4, 0.5) is 8.78 Å². The number of fused-ring (bicyclic) bond motifs is 4. The maximum Gasteiger partial charge on any atom is 0.123 e. The Bertz CT molecular complexity index is 770. The highest BCUT2D eigenvalue weighted by Gasteiger charge is 2.48. The molecule has 0 radical (unpaired) electrons. The molecule has 2 aliphatic rings. The number of likely N-dealkylation sites (tertiary alicyclic amines) is 1. The van der Waals surface area contributed by atoms with Gasteiger partial charge in [0.05, 0.1) is 0 Å². The minimum Gasteiger partial charge on any atom is -0.299 e. The van der Waals surface area contributed by atoms with Crippen molar-refractivity contribution in [3.63, 3.8) is 0 Å². The molecule has 0 saturated carbocycles. The van der Waals surface area contributed by atoms with E-state index < -0.39 is 0 Å². The lowest BCUT2D eigenvalue weighted by Gasteiger charge is -2.54. The van der Waals surface area contributed by atoms with Crippen molar-refractivity contribution in [3.05, 3.63) is 70.8 Å². The summed E-state index contributed by atoms with van der Waals surface area (Å²) >= 11 is 0. The first kappa shape index (κ1) is 16.7. The average Bonchev–Trinajstić information content (AvgIpc) is 2.60. The first-order chi connectivity index (χ1) is 12.0. The smallest absolute Gasteiger partial charge is 0.123 e. The number of piperidine rings is 1. The molecule has 0 N–H and O–H groups in total. The Hall–Kier alpha value is -1.74. The van der Waals surface area contributed by atoms with Gasteiger partial charge in [-0.25, -0.2) is 8.78 Å². The van der Waals surface area contributed by atoms with Gasteiger partial charge in [0.2, 0.25) is 0 Å². The summed E-state index contributed by atoms with van der Waals surface area (Å²) in [7, 11) is 0. The first-order valence-electron chi connectivity index (χ1n) is 9.25. The van der Waals surface area contributed by atoms with E-state index in [1.807, 2.05) is 18.2 Å². The summed E-state index contributed by atoms with van der Waals surface area (Å²) in [5.74, 6) is 0.204. The fourth-order valence-electron chi connectivity index (χ4n) is 4.88. The zero-order valence-electron chi connectivity index (χ0n) is 14.9. The van der Waals surface area contributed by atoms with Crippen molar-refractivity contribution in [2.75, 3.05) is 13.1 Å². The van der Waals surface area contributed by atoms with E-state index in [4.69, 9.17) is 0 Å². The minimum atomic E-state index is -0.178. The van der Waals surface area contributed by atoms with Gasteiger partial charge in [-0.05, 0) is 78.1 Å². The topological polar surface area (TPSA) is 3.24 Å². The minimum absolute atomic E-state index is 0.0622. The molecule has 0 amide bonds. The zero-order chi connectivity index (χ0) is 17.6. The fourth-order valence-corrected chi connectivity index (χ4v) is 4.88. The predicted molar refractivity (Wildman–Crippen MR) is 96.7 cm³/mol. The molecule has 3 atom stereocenters. The third kappa shape index (κ3) is 2.89. The predicted octanol–water partition coefficient (Wildman–Crippen LogP) is 4.73. The lowest BCUT2D eigenvalue weighted by atomic mass is 9.59.